The minimum atomic E-state index is 0.406. The van der Waals surface area contributed by atoms with Crippen molar-refractivity contribution in [3.05, 3.63) is 0 Å². The van der Waals surface area contributed by atoms with E-state index in [0.717, 1.165) is 6.54 Å². The Morgan fingerprint density at radius 2 is 2.00 bits per heavy atom. The van der Waals surface area contributed by atoms with Crippen LogP contribution in [-0.4, -0.2) is 61.7 Å². The lowest BCUT2D eigenvalue weighted by molar-refractivity contribution is 0.0553. The smallest absolute Gasteiger partial charge is 0.0195 e. The molecule has 114 valence electrons. The lowest BCUT2D eigenvalue weighted by Gasteiger charge is -2.43. The average Bonchev–Trinajstić information content (AvgIpc) is 2.31. The predicted octanol–water partition coefficient (Wildman–Crippen LogP) is 2.43. The minimum absolute atomic E-state index is 0.406. The van der Waals surface area contributed by atoms with E-state index >= 15 is 0 Å². The van der Waals surface area contributed by atoms with Crippen molar-refractivity contribution in [3.63, 3.8) is 0 Å². The largest absolute Gasteiger partial charge is 0.314 e. The van der Waals surface area contributed by atoms with Crippen LogP contribution in [0.5, 0.6) is 0 Å². The maximum Gasteiger partial charge on any atom is 0.0195 e. The minimum Gasteiger partial charge on any atom is -0.314 e. The van der Waals surface area contributed by atoms with Crippen molar-refractivity contribution in [3.8, 4) is 0 Å². The van der Waals surface area contributed by atoms with Gasteiger partial charge in [-0.1, -0.05) is 34.1 Å². The van der Waals surface area contributed by atoms with Crippen LogP contribution in [0.2, 0.25) is 0 Å². The third-order valence-electron chi connectivity index (χ3n) is 4.34. The third kappa shape index (κ3) is 5.80. The molecule has 1 N–H and O–H groups in total. The van der Waals surface area contributed by atoms with Crippen molar-refractivity contribution in [2.75, 3.05) is 39.8 Å². The SMILES string of the molecule is CCCC(C)(CNC(C)C)CN1CCN(C)CC1C. The van der Waals surface area contributed by atoms with Gasteiger partial charge in [0, 0.05) is 44.8 Å². The van der Waals surface area contributed by atoms with E-state index < -0.39 is 0 Å². The van der Waals surface area contributed by atoms with Gasteiger partial charge in [0.25, 0.3) is 0 Å². The maximum absolute atomic E-state index is 3.65. The number of nitrogens with one attached hydrogen (secondary N) is 1. The fourth-order valence-electron chi connectivity index (χ4n) is 3.18. The zero-order valence-corrected chi connectivity index (χ0v) is 14.0. The fourth-order valence-corrected chi connectivity index (χ4v) is 3.18. The first-order valence-electron chi connectivity index (χ1n) is 8.02. The summed E-state index contributed by atoms with van der Waals surface area (Å²) >= 11 is 0. The van der Waals surface area contributed by atoms with E-state index in [0.29, 0.717) is 17.5 Å². The van der Waals surface area contributed by atoms with Crippen molar-refractivity contribution in [1.82, 2.24) is 15.1 Å². The standard InChI is InChI=1S/C16H35N3/c1-7-8-16(5,12-17-14(2)3)13-19-10-9-18(6)11-15(19)4/h14-15,17H,7-13H2,1-6H3. The molecule has 1 saturated heterocycles. The van der Waals surface area contributed by atoms with Gasteiger partial charge in [0.2, 0.25) is 0 Å². The lowest BCUT2D eigenvalue weighted by Crippen LogP contribution is -2.54. The molecule has 0 radical (unpaired) electrons. The Labute approximate surface area is 120 Å². The molecule has 1 aliphatic rings. The first-order valence-corrected chi connectivity index (χ1v) is 8.02. The highest BCUT2D eigenvalue weighted by Crippen LogP contribution is 2.26. The molecule has 19 heavy (non-hydrogen) atoms. The van der Waals surface area contributed by atoms with E-state index in [9.17, 15) is 0 Å². The number of nitrogens with zero attached hydrogens (tertiary/aromatic N) is 2. The summed E-state index contributed by atoms with van der Waals surface area (Å²) in [5.41, 5.74) is 0.406. The summed E-state index contributed by atoms with van der Waals surface area (Å²) in [6, 6.07) is 1.27. The van der Waals surface area contributed by atoms with Crippen molar-refractivity contribution >= 4 is 0 Å². The van der Waals surface area contributed by atoms with Gasteiger partial charge >= 0.3 is 0 Å². The van der Waals surface area contributed by atoms with E-state index in [2.05, 4.69) is 56.8 Å². The quantitative estimate of drug-likeness (QED) is 0.766. The maximum atomic E-state index is 3.65. The summed E-state index contributed by atoms with van der Waals surface area (Å²) in [6.45, 7) is 17.6. The highest BCUT2D eigenvalue weighted by Gasteiger charge is 2.30. The molecule has 3 heteroatoms. The molecule has 2 atom stereocenters. The van der Waals surface area contributed by atoms with Crippen LogP contribution in [0, 0.1) is 5.41 Å². The van der Waals surface area contributed by atoms with Crippen molar-refractivity contribution in [1.29, 1.82) is 0 Å². The number of likely N-dealkylation sites (N-methyl/N-ethyl adjacent to an activating group) is 1. The van der Waals surface area contributed by atoms with Crippen LogP contribution in [-0.2, 0) is 0 Å². The van der Waals surface area contributed by atoms with Crippen LogP contribution in [0.4, 0.5) is 0 Å². The van der Waals surface area contributed by atoms with Crippen LogP contribution in [0.3, 0.4) is 0 Å². The van der Waals surface area contributed by atoms with E-state index in [4.69, 9.17) is 0 Å². The molecular weight excluding hydrogens is 234 g/mol. The Kier molecular flexibility index (Phi) is 6.78. The van der Waals surface area contributed by atoms with Crippen LogP contribution < -0.4 is 5.32 Å². The number of hydrogen-bond donors (Lipinski definition) is 1. The van der Waals surface area contributed by atoms with Crippen molar-refractivity contribution in [2.45, 2.75) is 59.5 Å². The van der Waals surface area contributed by atoms with Crippen LogP contribution in [0.25, 0.3) is 0 Å². The molecule has 2 unspecified atom stereocenters. The molecule has 0 saturated carbocycles. The Hall–Kier alpha value is -0.120. The zero-order valence-electron chi connectivity index (χ0n) is 14.0. The van der Waals surface area contributed by atoms with Gasteiger partial charge in [0.1, 0.15) is 0 Å². The van der Waals surface area contributed by atoms with Crippen molar-refractivity contribution in [2.24, 2.45) is 5.41 Å². The van der Waals surface area contributed by atoms with E-state index in [-0.39, 0.29) is 0 Å². The van der Waals surface area contributed by atoms with Gasteiger partial charge in [0.15, 0.2) is 0 Å². The number of rotatable bonds is 7. The van der Waals surface area contributed by atoms with Gasteiger partial charge in [-0.15, -0.1) is 0 Å². The highest BCUT2D eigenvalue weighted by molar-refractivity contribution is 4.86. The molecule has 0 spiro atoms. The highest BCUT2D eigenvalue weighted by atomic mass is 15.3. The number of piperazine rings is 1. The molecule has 1 fully saturated rings. The molecule has 1 rings (SSSR count). The van der Waals surface area contributed by atoms with E-state index in [1.807, 2.05) is 0 Å². The molecule has 0 amide bonds. The average molecular weight is 269 g/mol. The van der Waals surface area contributed by atoms with Crippen molar-refractivity contribution < 1.29 is 0 Å². The van der Waals surface area contributed by atoms with Gasteiger partial charge < -0.3 is 10.2 Å². The first kappa shape index (κ1) is 16.9. The Morgan fingerprint density at radius 3 is 2.53 bits per heavy atom. The summed E-state index contributed by atoms with van der Waals surface area (Å²) in [6.07, 6.45) is 2.59. The first-order chi connectivity index (χ1) is 8.86. The topological polar surface area (TPSA) is 18.5 Å². The van der Waals surface area contributed by atoms with Crippen LogP contribution in [0.15, 0.2) is 0 Å². The Balaban J connectivity index is 2.56. The summed E-state index contributed by atoms with van der Waals surface area (Å²) in [4.78, 5) is 5.14. The molecule has 1 aliphatic heterocycles. The second-order valence-electron chi connectivity index (χ2n) is 7.18. The summed E-state index contributed by atoms with van der Waals surface area (Å²) in [7, 11) is 2.24. The molecule has 0 aromatic rings. The molecular formula is C16H35N3. The molecule has 3 nitrogen and oxygen atoms in total. The van der Waals surface area contributed by atoms with Crippen LogP contribution >= 0.6 is 0 Å². The molecule has 0 aromatic carbocycles. The summed E-state index contributed by atoms with van der Waals surface area (Å²) in [5.74, 6) is 0. The lowest BCUT2D eigenvalue weighted by atomic mass is 9.84. The predicted molar refractivity (Wildman–Crippen MR) is 84.7 cm³/mol. The Morgan fingerprint density at radius 1 is 1.32 bits per heavy atom. The molecule has 1 heterocycles. The molecule has 0 aliphatic carbocycles. The Bertz CT molecular complexity index is 254. The van der Waals surface area contributed by atoms with Gasteiger partial charge in [-0.2, -0.15) is 0 Å². The summed E-state index contributed by atoms with van der Waals surface area (Å²) < 4.78 is 0. The number of hydrogen-bond acceptors (Lipinski definition) is 3. The van der Waals surface area contributed by atoms with Crippen LogP contribution in [0.1, 0.15) is 47.5 Å². The molecule has 0 aromatic heterocycles. The second-order valence-corrected chi connectivity index (χ2v) is 7.18. The van der Waals surface area contributed by atoms with E-state index in [1.165, 1.54) is 39.0 Å². The van der Waals surface area contributed by atoms with Gasteiger partial charge in [-0.3, -0.25) is 4.90 Å². The van der Waals surface area contributed by atoms with Gasteiger partial charge in [-0.25, -0.2) is 0 Å². The fraction of sp³-hybridized carbons (Fsp3) is 1.00. The third-order valence-corrected chi connectivity index (χ3v) is 4.34. The summed E-state index contributed by atoms with van der Waals surface area (Å²) in [5, 5.41) is 3.65. The second kappa shape index (κ2) is 7.61. The zero-order chi connectivity index (χ0) is 14.5. The monoisotopic (exact) mass is 269 g/mol. The normalized spacial score (nSPS) is 25.7. The van der Waals surface area contributed by atoms with E-state index in [1.54, 1.807) is 0 Å². The molecule has 0 bridgehead atoms. The van der Waals surface area contributed by atoms with Gasteiger partial charge in [0.05, 0.1) is 0 Å². The van der Waals surface area contributed by atoms with Gasteiger partial charge in [-0.05, 0) is 25.8 Å².